The topological polar surface area (TPSA) is 69.4 Å². The molecule has 0 radical (unpaired) electrons. The maximum absolute atomic E-state index is 10.1. The lowest BCUT2D eigenvalue weighted by molar-refractivity contribution is 0.355. The van der Waals surface area contributed by atoms with Gasteiger partial charge in [0, 0.05) is 6.54 Å². The Morgan fingerprint density at radius 2 is 1.81 bits per heavy atom. The van der Waals surface area contributed by atoms with Gasteiger partial charge in [-0.15, -0.1) is 0 Å². The molecule has 0 amide bonds. The number of aromatic nitrogens is 3. The predicted octanol–water partition coefficient (Wildman–Crippen LogP) is 3.86. The second kappa shape index (κ2) is 7.74. The van der Waals surface area contributed by atoms with Gasteiger partial charge in [-0.1, -0.05) is 24.3 Å². The second-order valence-electron chi connectivity index (χ2n) is 5.57. The number of aryl methyl sites for hydroxylation is 1. The van der Waals surface area contributed by atoms with Gasteiger partial charge in [-0.3, -0.25) is 0 Å². The monoisotopic (exact) mass is 351 g/mol. The number of methoxy groups -OCH3 is 2. The van der Waals surface area contributed by atoms with Crippen LogP contribution in [0.4, 0.5) is 0 Å². The number of phenolic OH excluding ortho intramolecular Hbond substituents is 1. The molecule has 2 aromatic carbocycles. The van der Waals surface area contributed by atoms with Crippen LogP contribution < -0.4 is 9.47 Å². The standard InChI is InChI=1S/C20H21N3O3/c1-4-23-20(15-7-5-6-8-16(15)24)21-19(22-23)12-10-14-9-11-17(25-2)18(13-14)26-3/h5-13,24H,4H2,1-3H3/b12-10+. The second-order valence-corrected chi connectivity index (χ2v) is 5.57. The maximum atomic E-state index is 10.1. The first-order chi connectivity index (χ1) is 12.7. The molecular weight excluding hydrogens is 330 g/mol. The molecule has 0 aliphatic carbocycles. The Morgan fingerprint density at radius 3 is 2.50 bits per heavy atom. The van der Waals surface area contributed by atoms with Crippen LogP contribution in [0.25, 0.3) is 23.5 Å². The van der Waals surface area contributed by atoms with E-state index in [-0.39, 0.29) is 5.75 Å². The van der Waals surface area contributed by atoms with Gasteiger partial charge in [0.25, 0.3) is 0 Å². The van der Waals surface area contributed by atoms with E-state index in [0.717, 1.165) is 5.56 Å². The first-order valence-corrected chi connectivity index (χ1v) is 8.29. The van der Waals surface area contributed by atoms with Gasteiger partial charge in [-0.05, 0) is 42.8 Å². The molecule has 0 saturated heterocycles. The minimum atomic E-state index is 0.185. The fraction of sp³-hybridized carbons (Fsp3) is 0.200. The van der Waals surface area contributed by atoms with Gasteiger partial charge in [0.05, 0.1) is 19.8 Å². The van der Waals surface area contributed by atoms with Crippen LogP contribution in [0.2, 0.25) is 0 Å². The third-order valence-corrected chi connectivity index (χ3v) is 3.97. The molecule has 26 heavy (non-hydrogen) atoms. The molecule has 0 spiro atoms. The zero-order chi connectivity index (χ0) is 18.5. The van der Waals surface area contributed by atoms with Gasteiger partial charge in [0.2, 0.25) is 0 Å². The molecule has 3 aromatic rings. The summed E-state index contributed by atoms with van der Waals surface area (Å²) in [5.41, 5.74) is 1.60. The molecule has 6 nitrogen and oxygen atoms in total. The Kier molecular flexibility index (Phi) is 5.22. The molecule has 3 rings (SSSR count). The summed E-state index contributed by atoms with van der Waals surface area (Å²) >= 11 is 0. The van der Waals surface area contributed by atoms with Crippen LogP contribution in [-0.2, 0) is 6.54 Å². The number of aromatic hydroxyl groups is 1. The molecule has 6 heteroatoms. The van der Waals surface area contributed by atoms with Crippen molar-refractivity contribution < 1.29 is 14.6 Å². The number of nitrogens with zero attached hydrogens (tertiary/aromatic N) is 3. The Hall–Kier alpha value is -3.28. The van der Waals surface area contributed by atoms with Crippen LogP contribution in [0.3, 0.4) is 0 Å². The largest absolute Gasteiger partial charge is 0.507 e. The summed E-state index contributed by atoms with van der Waals surface area (Å²) in [6, 6.07) is 12.8. The van der Waals surface area contributed by atoms with Crippen molar-refractivity contribution in [3.05, 3.63) is 53.9 Å². The van der Waals surface area contributed by atoms with E-state index >= 15 is 0 Å². The number of rotatable bonds is 6. The maximum Gasteiger partial charge on any atom is 0.174 e. The van der Waals surface area contributed by atoms with Crippen molar-refractivity contribution in [2.75, 3.05) is 14.2 Å². The summed E-state index contributed by atoms with van der Waals surface area (Å²) < 4.78 is 12.3. The van der Waals surface area contributed by atoms with E-state index in [9.17, 15) is 5.11 Å². The highest BCUT2D eigenvalue weighted by Gasteiger charge is 2.12. The Labute approximate surface area is 152 Å². The highest BCUT2D eigenvalue weighted by molar-refractivity contribution is 5.70. The Bertz CT molecular complexity index is 932. The van der Waals surface area contributed by atoms with E-state index < -0.39 is 0 Å². The van der Waals surface area contributed by atoms with E-state index in [4.69, 9.17) is 9.47 Å². The Morgan fingerprint density at radius 1 is 1.04 bits per heavy atom. The van der Waals surface area contributed by atoms with Gasteiger partial charge in [-0.25, -0.2) is 9.67 Å². The van der Waals surface area contributed by atoms with Crippen molar-refractivity contribution in [3.8, 4) is 28.6 Å². The number of hydrogen-bond donors (Lipinski definition) is 1. The molecule has 0 saturated carbocycles. The number of benzene rings is 2. The van der Waals surface area contributed by atoms with Gasteiger partial charge in [0.1, 0.15) is 5.75 Å². The molecule has 1 aromatic heterocycles. The summed E-state index contributed by atoms with van der Waals surface area (Å²) in [7, 11) is 3.21. The molecular formula is C20H21N3O3. The van der Waals surface area contributed by atoms with Gasteiger partial charge in [0.15, 0.2) is 23.1 Å². The molecule has 0 unspecified atom stereocenters. The molecule has 0 atom stereocenters. The van der Waals surface area contributed by atoms with Gasteiger partial charge < -0.3 is 14.6 Å². The molecule has 1 N–H and O–H groups in total. The van der Waals surface area contributed by atoms with E-state index in [1.807, 2.05) is 49.4 Å². The highest BCUT2D eigenvalue weighted by atomic mass is 16.5. The third kappa shape index (κ3) is 3.54. The SMILES string of the molecule is CCn1nc(/C=C/c2ccc(OC)c(OC)c2)nc1-c1ccccc1O. The summed E-state index contributed by atoms with van der Waals surface area (Å²) in [5.74, 6) is 2.74. The molecule has 134 valence electrons. The summed E-state index contributed by atoms with van der Waals surface area (Å²) in [5, 5.41) is 14.6. The van der Waals surface area contributed by atoms with E-state index in [1.54, 1.807) is 31.0 Å². The predicted molar refractivity (Wildman–Crippen MR) is 101 cm³/mol. The summed E-state index contributed by atoms with van der Waals surface area (Å²) in [6.45, 7) is 2.64. The van der Waals surface area contributed by atoms with Crippen LogP contribution in [-0.4, -0.2) is 34.1 Å². The smallest absolute Gasteiger partial charge is 0.174 e. The lowest BCUT2D eigenvalue weighted by atomic mass is 10.2. The van der Waals surface area contributed by atoms with Crippen molar-refractivity contribution in [1.82, 2.24) is 14.8 Å². The average Bonchev–Trinajstić information content (AvgIpc) is 3.09. The van der Waals surface area contributed by atoms with Crippen molar-refractivity contribution in [1.29, 1.82) is 0 Å². The molecule has 0 aliphatic heterocycles. The zero-order valence-corrected chi connectivity index (χ0v) is 15.0. The number of hydrogen-bond acceptors (Lipinski definition) is 5. The van der Waals surface area contributed by atoms with Crippen LogP contribution in [0.5, 0.6) is 17.2 Å². The van der Waals surface area contributed by atoms with Crippen molar-refractivity contribution >= 4 is 12.2 Å². The summed E-state index contributed by atoms with van der Waals surface area (Å²) in [6.07, 6.45) is 3.74. The quantitative estimate of drug-likeness (QED) is 0.730. The van der Waals surface area contributed by atoms with Gasteiger partial charge in [-0.2, -0.15) is 5.10 Å². The third-order valence-electron chi connectivity index (χ3n) is 3.97. The van der Waals surface area contributed by atoms with Gasteiger partial charge >= 0.3 is 0 Å². The van der Waals surface area contributed by atoms with E-state index in [0.29, 0.717) is 35.3 Å². The van der Waals surface area contributed by atoms with Crippen LogP contribution in [0, 0.1) is 0 Å². The zero-order valence-electron chi connectivity index (χ0n) is 15.0. The average molecular weight is 351 g/mol. The normalized spacial score (nSPS) is 11.0. The van der Waals surface area contributed by atoms with Crippen LogP contribution in [0.1, 0.15) is 18.3 Å². The lowest BCUT2D eigenvalue weighted by Gasteiger charge is -2.07. The van der Waals surface area contributed by atoms with Crippen LogP contribution >= 0.6 is 0 Å². The van der Waals surface area contributed by atoms with Crippen molar-refractivity contribution in [3.63, 3.8) is 0 Å². The molecule has 0 fully saturated rings. The van der Waals surface area contributed by atoms with E-state index in [1.165, 1.54) is 0 Å². The minimum absolute atomic E-state index is 0.185. The lowest BCUT2D eigenvalue weighted by Crippen LogP contribution is -1.99. The number of para-hydroxylation sites is 1. The number of phenols is 1. The molecule has 0 aliphatic rings. The number of ether oxygens (including phenoxy) is 2. The minimum Gasteiger partial charge on any atom is -0.507 e. The highest BCUT2D eigenvalue weighted by Crippen LogP contribution is 2.29. The molecule has 1 heterocycles. The first kappa shape index (κ1) is 17.5. The first-order valence-electron chi connectivity index (χ1n) is 8.29. The Balaban J connectivity index is 1.91. The van der Waals surface area contributed by atoms with Crippen molar-refractivity contribution in [2.45, 2.75) is 13.5 Å². The van der Waals surface area contributed by atoms with Crippen LogP contribution in [0.15, 0.2) is 42.5 Å². The molecule has 0 bridgehead atoms. The fourth-order valence-electron chi connectivity index (χ4n) is 2.64. The van der Waals surface area contributed by atoms with E-state index in [2.05, 4.69) is 10.1 Å². The van der Waals surface area contributed by atoms with Crippen molar-refractivity contribution in [2.24, 2.45) is 0 Å². The fourth-order valence-corrected chi connectivity index (χ4v) is 2.64. The summed E-state index contributed by atoms with van der Waals surface area (Å²) in [4.78, 5) is 4.55.